The number of rotatable bonds is 3. The summed E-state index contributed by atoms with van der Waals surface area (Å²) in [5, 5.41) is 2.65. The van der Waals surface area contributed by atoms with Gasteiger partial charge in [0.25, 0.3) is 0 Å². The van der Waals surface area contributed by atoms with E-state index in [1.807, 2.05) is 0 Å². The molecule has 1 aliphatic heterocycles. The highest BCUT2D eigenvalue weighted by Crippen LogP contribution is 2.32. The second-order valence-corrected chi connectivity index (χ2v) is 6.08. The van der Waals surface area contributed by atoms with Gasteiger partial charge in [-0.1, -0.05) is 11.6 Å². The number of fused-ring (bicyclic) bond motifs is 1. The third-order valence-corrected chi connectivity index (χ3v) is 4.41. The van der Waals surface area contributed by atoms with Gasteiger partial charge in [-0.05, 0) is 54.3 Å². The van der Waals surface area contributed by atoms with Crippen molar-refractivity contribution in [2.75, 3.05) is 10.0 Å². The fourth-order valence-corrected chi connectivity index (χ4v) is 3.02. The number of aryl methyl sites for hydroxylation is 1. The molecule has 0 unspecified atom stereocenters. The molecule has 7 heteroatoms. The van der Waals surface area contributed by atoms with Crippen molar-refractivity contribution in [1.29, 1.82) is 0 Å². The predicted octanol–water partition coefficient (Wildman–Crippen LogP) is 4.62. The molecule has 3 nitrogen and oxygen atoms in total. The van der Waals surface area contributed by atoms with Gasteiger partial charge < -0.3 is 10.0 Å². The Bertz CT molecular complexity index is 755. The maximum absolute atomic E-state index is 14.1. The van der Waals surface area contributed by atoms with Crippen LogP contribution in [0.5, 0.6) is 0 Å². The molecule has 0 aliphatic carbocycles. The van der Waals surface area contributed by atoms with Crippen molar-refractivity contribution < 1.29 is 13.6 Å². The lowest BCUT2D eigenvalue weighted by Gasteiger charge is -2.18. The van der Waals surface area contributed by atoms with Crippen LogP contribution in [0.15, 0.2) is 35.2 Å². The Morgan fingerprint density at radius 1 is 1.14 bits per heavy atom. The average molecular weight is 341 g/mol. The number of amides is 1. The van der Waals surface area contributed by atoms with Crippen molar-refractivity contribution in [2.24, 2.45) is 0 Å². The second kappa shape index (κ2) is 6.14. The fourth-order valence-electron chi connectivity index (χ4n) is 2.13. The highest BCUT2D eigenvalue weighted by molar-refractivity contribution is 8.00. The van der Waals surface area contributed by atoms with Gasteiger partial charge in [-0.25, -0.2) is 8.78 Å². The monoisotopic (exact) mass is 340 g/mol. The summed E-state index contributed by atoms with van der Waals surface area (Å²) < 4.78 is 30.1. The smallest absolute Gasteiger partial charge is 0.224 e. The number of anilines is 2. The lowest BCUT2D eigenvalue weighted by atomic mass is 10.0. The maximum atomic E-state index is 14.1. The molecule has 1 amide bonds. The van der Waals surface area contributed by atoms with Crippen molar-refractivity contribution in [1.82, 2.24) is 0 Å². The molecule has 0 bridgehead atoms. The Balaban J connectivity index is 1.78. The highest BCUT2D eigenvalue weighted by atomic mass is 35.5. The van der Waals surface area contributed by atoms with Crippen LogP contribution < -0.4 is 10.0 Å². The predicted molar refractivity (Wildman–Crippen MR) is 84.2 cm³/mol. The second-order valence-electron chi connectivity index (χ2n) is 4.82. The minimum Gasteiger partial charge on any atom is -0.326 e. The van der Waals surface area contributed by atoms with Crippen LogP contribution in [-0.4, -0.2) is 5.91 Å². The van der Waals surface area contributed by atoms with Crippen LogP contribution in [0.2, 0.25) is 5.02 Å². The highest BCUT2D eigenvalue weighted by Gasteiger charge is 2.18. The number of carbonyl (C=O) groups is 1. The SMILES string of the molecule is O=C1CCc2cc(SNc3ccc(F)c(Cl)c3)c(F)cc2N1. The number of hydrogen-bond donors (Lipinski definition) is 2. The van der Waals surface area contributed by atoms with Crippen molar-refractivity contribution >= 4 is 40.8 Å². The molecule has 1 aliphatic rings. The molecule has 0 spiro atoms. The molecular formula is C15H11ClF2N2OS. The molecule has 114 valence electrons. The molecule has 0 aromatic heterocycles. The largest absolute Gasteiger partial charge is 0.326 e. The summed E-state index contributed by atoms with van der Waals surface area (Å²) in [4.78, 5) is 11.7. The van der Waals surface area contributed by atoms with Gasteiger partial charge in [-0.2, -0.15) is 0 Å². The van der Waals surface area contributed by atoms with Crippen LogP contribution in [0, 0.1) is 11.6 Å². The lowest BCUT2D eigenvalue weighted by Crippen LogP contribution is -2.19. The molecule has 0 atom stereocenters. The van der Waals surface area contributed by atoms with E-state index in [4.69, 9.17) is 11.6 Å². The molecule has 2 aromatic carbocycles. The van der Waals surface area contributed by atoms with Crippen molar-refractivity contribution in [2.45, 2.75) is 17.7 Å². The van der Waals surface area contributed by atoms with Gasteiger partial charge in [-0.3, -0.25) is 4.79 Å². The van der Waals surface area contributed by atoms with E-state index in [1.54, 1.807) is 6.07 Å². The van der Waals surface area contributed by atoms with Gasteiger partial charge in [0.15, 0.2) is 0 Å². The van der Waals surface area contributed by atoms with Crippen LogP contribution in [0.3, 0.4) is 0 Å². The number of carbonyl (C=O) groups excluding carboxylic acids is 1. The van der Waals surface area contributed by atoms with E-state index in [9.17, 15) is 13.6 Å². The molecule has 2 aromatic rings. The minimum absolute atomic E-state index is 0.000717. The summed E-state index contributed by atoms with van der Waals surface area (Å²) in [7, 11) is 0. The first-order valence-electron chi connectivity index (χ1n) is 6.53. The summed E-state index contributed by atoms with van der Waals surface area (Å²) in [6.45, 7) is 0. The third-order valence-electron chi connectivity index (χ3n) is 3.25. The first-order chi connectivity index (χ1) is 10.5. The standard InChI is InChI=1S/C15H11ClF2N2OS/c16-10-6-9(2-3-11(10)17)20-22-14-5-8-1-4-15(21)19-13(8)7-12(14)18/h2-3,5-7,20H,1,4H2,(H,19,21). The van der Waals surface area contributed by atoms with Gasteiger partial charge >= 0.3 is 0 Å². The van der Waals surface area contributed by atoms with E-state index in [0.717, 1.165) is 17.5 Å². The normalized spacial score (nSPS) is 13.5. The van der Waals surface area contributed by atoms with Gasteiger partial charge in [0.2, 0.25) is 5.91 Å². The topological polar surface area (TPSA) is 41.1 Å². The Morgan fingerprint density at radius 2 is 1.95 bits per heavy atom. The number of hydrogen-bond acceptors (Lipinski definition) is 3. The van der Waals surface area contributed by atoms with Crippen LogP contribution in [0.4, 0.5) is 20.2 Å². The first-order valence-corrected chi connectivity index (χ1v) is 7.72. The van der Waals surface area contributed by atoms with Gasteiger partial charge in [0, 0.05) is 17.8 Å². The molecular weight excluding hydrogens is 330 g/mol. The number of nitrogens with one attached hydrogen (secondary N) is 2. The zero-order valence-electron chi connectivity index (χ0n) is 11.3. The van der Waals surface area contributed by atoms with Crippen LogP contribution in [0.1, 0.15) is 12.0 Å². The molecule has 0 fully saturated rings. The van der Waals surface area contributed by atoms with Crippen molar-refractivity contribution in [3.05, 3.63) is 52.6 Å². The van der Waals surface area contributed by atoms with Gasteiger partial charge in [0.05, 0.1) is 9.92 Å². The first kappa shape index (κ1) is 15.1. The van der Waals surface area contributed by atoms with Crippen molar-refractivity contribution in [3.63, 3.8) is 0 Å². The summed E-state index contributed by atoms with van der Waals surface area (Å²) in [5.41, 5.74) is 1.98. The van der Waals surface area contributed by atoms with E-state index in [1.165, 1.54) is 24.3 Å². The van der Waals surface area contributed by atoms with E-state index in [-0.39, 0.29) is 10.9 Å². The third kappa shape index (κ3) is 3.18. The summed E-state index contributed by atoms with van der Waals surface area (Å²) in [6, 6.07) is 7.20. The molecule has 3 rings (SSSR count). The summed E-state index contributed by atoms with van der Waals surface area (Å²) in [5.74, 6) is -1.05. The maximum Gasteiger partial charge on any atom is 0.224 e. The minimum atomic E-state index is -0.507. The van der Waals surface area contributed by atoms with Crippen LogP contribution in [0.25, 0.3) is 0 Å². The molecule has 2 N–H and O–H groups in total. The van der Waals surface area contributed by atoms with E-state index in [0.29, 0.717) is 29.1 Å². The fraction of sp³-hybridized carbons (Fsp3) is 0.133. The van der Waals surface area contributed by atoms with Crippen LogP contribution in [-0.2, 0) is 11.2 Å². The lowest BCUT2D eigenvalue weighted by molar-refractivity contribution is -0.116. The van der Waals surface area contributed by atoms with Gasteiger partial charge in [0.1, 0.15) is 11.6 Å². The van der Waals surface area contributed by atoms with Gasteiger partial charge in [-0.15, -0.1) is 0 Å². The zero-order chi connectivity index (χ0) is 15.7. The van der Waals surface area contributed by atoms with E-state index < -0.39 is 11.6 Å². The summed E-state index contributed by atoms with van der Waals surface area (Å²) in [6.07, 6.45) is 0.973. The molecule has 1 heterocycles. The Hall–Kier alpha value is -1.79. The molecule has 0 radical (unpaired) electrons. The Labute approximate surface area is 135 Å². The quantitative estimate of drug-likeness (QED) is 0.801. The number of benzene rings is 2. The summed E-state index contributed by atoms with van der Waals surface area (Å²) >= 11 is 6.77. The van der Waals surface area contributed by atoms with E-state index >= 15 is 0 Å². The molecule has 22 heavy (non-hydrogen) atoms. The van der Waals surface area contributed by atoms with Crippen molar-refractivity contribution in [3.8, 4) is 0 Å². The molecule has 0 saturated carbocycles. The van der Waals surface area contributed by atoms with E-state index in [2.05, 4.69) is 10.0 Å². The Kier molecular flexibility index (Phi) is 4.22. The van der Waals surface area contributed by atoms with Crippen LogP contribution >= 0.6 is 23.5 Å². The Morgan fingerprint density at radius 3 is 2.73 bits per heavy atom. The molecule has 0 saturated heterocycles. The number of halogens is 3. The zero-order valence-corrected chi connectivity index (χ0v) is 12.8. The average Bonchev–Trinajstić information content (AvgIpc) is 2.48.